The quantitative estimate of drug-likeness (QED) is 0.549. The van der Waals surface area contributed by atoms with Crippen molar-refractivity contribution in [1.82, 2.24) is 14.9 Å². The molecule has 0 saturated heterocycles. The van der Waals surface area contributed by atoms with E-state index in [0.29, 0.717) is 10.6 Å². The first-order valence-corrected chi connectivity index (χ1v) is 8.40. The Balaban J connectivity index is 1.77. The number of hydrogen-bond acceptors (Lipinski definition) is 4. The van der Waals surface area contributed by atoms with Crippen LogP contribution in [0.25, 0.3) is 0 Å². The molecular formula is C19H20N4OS. The maximum absolute atomic E-state index is 5.85. The Kier molecular flexibility index (Phi) is 5.09. The van der Waals surface area contributed by atoms with Gasteiger partial charge in [0.15, 0.2) is 5.82 Å². The van der Waals surface area contributed by atoms with E-state index in [0.717, 1.165) is 22.4 Å². The van der Waals surface area contributed by atoms with Crippen molar-refractivity contribution in [2.24, 2.45) is 5.10 Å². The van der Waals surface area contributed by atoms with Crippen LogP contribution in [0.4, 0.5) is 0 Å². The molecular weight excluding hydrogens is 332 g/mol. The SMILES string of the molecule is Cc1ccc(/C=N\n2c(COc3cc(C)cc(C)c3)n[nH]c2=S)cc1. The van der Waals surface area contributed by atoms with Crippen molar-refractivity contribution in [2.45, 2.75) is 27.4 Å². The Morgan fingerprint density at radius 3 is 2.44 bits per heavy atom. The fourth-order valence-electron chi connectivity index (χ4n) is 2.48. The minimum atomic E-state index is 0.279. The summed E-state index contributed by atoms with van der Waals surface area (Å²) in [6.45, 7) is 6.42. The summed E-state index contributed by atoms with van der Waals surface area (Å²) >= 11 is 5.26. The van der Waals surface area contributed by atoms with Crippen LogP contribution in [0.5, 0.6) is 5.75 Å². The number of aromatic nitrogens is 3. The van der Waals surface area contributed by atoms with Gasteiger partial charge in [-0.3, -0.25) is 0 Å². The van der Waals surface area contributed by atoms with Crippen molar-refractivity contribution in [2.75, 3.05) is 0 Å². The Morgan fingerprint density at radius 2 is 1.76 bits per heavy atom. The summed E-state index contributed by atoms with van der Waals surface area (Å²) in [4.78, 5) is 0. The van der Waals surface area contributed by atoms with Gasteiger partial charge in [0.25, 0.3) is 0 Å². The predicted octanol–water partition coefficient (Wildman–Crippen LogP) is 4.33. The van der Waals surface area contributed by atoms with Crippen LogP contribution in [-0.4, -0.2) is 21.1 Å². The first-order valence-electron chi connectivity index (χ1n) is 8.00. The van der Waals surface area contributed by atoms with Crippen molar-refractivity contribution in [3.05, 3.63) is 75.3 Å². The molecule has 0 aliphatic carbocycles. The third-order valence-corrected chi connectivity index (χ3v) is 3.94. The highest BCUT2D eigenvalue weighted by molar-refractivity contribution is 7.71. The van der Waals surface area contributed by atoms with Gasteiger partial charge in [0.1, 0.15) is 12.4 Å². The maximum Gasteiger partial charge on any atom is 0.216 e. The molecule has 0 radical (unpaired) electrons. The van der Waals surface area contributed by atoms with E-state index in [1.807, 2.05) is 50.2 Å². The number of ether oxygens (including phenoxy) is 1. The van der Waals surface area contributed by atoms with E-state index in [1.54, 1.807) is 10.9 Å². The number of rotatable bonds is 5. The fourth-order valence-corrected chi connectivity index (χ4v) is 2.68. The number of hydrogen-bond donors (Lipinski definition) is 1. The average Bonchev–Trinajstić information content (AvgIpc) is 2.92. The van der Waals surface area contributed by atoms with Crippen LogP contribution in [0, 0.1) is 25.5 Å². The molecule has 0 fully saturated rings. The molecule has 1 aromatic heterocycles. The van der Waals surface area contributed by atoms with E-state index in [4.69, 9.17) is 17.0 Å². The molecule has 0 saturated carbocycles. The molecule has 0 aliphatic heterocycles. The van der Waals surface area contributed by atoms with Crippen LogP contribution in [0.15, 0.2) is 47.6 Å². The van der Waals surface area contributed by atoms with Crippen molar-refractivity contribution in [3.63, 3.8) is 0 Å². The summed E-state index contributed by atoms with van der Waals surface area (Å²) in [6.07, 6.45) is 1.76. The van der Waals surface area contributed by atoms with Crippen LogP contribution in [0.2, 0.25) is 0 Å². The van der Waals surface area contributed by atoms with E-state index in [9.17, 15) is 0 Å². The molecule has 1 N–H and O–H groups in total. The summed E-state index contributed by atoms with van der Waals surface area (Å²) in [6, 6.07) is 14.2. The molecule has 3 rings (SSSR count). The number of benzene rings is 2. The van der Waals surface area contributed by atoms with Crippen LogP contribution < -0.4 is 4.74 Å². The Hall–Kier alpha value is -2.73. The van der Waals surface area contributed by atoms with E-state index in [1.165, 1.54) is 5.56 Å². The molecule has 0 unspecified atom stereocenters. The Morgan fingerprint density at radius 1 is 1.08 bits per heavy atom. The van der Waals surface area contributed by atoms with Gasteiger partial charge in [-0.2, -0.15) is 14.9 Å². The first-order chi connectivity index (χ1) is 12.0. The van der Waals surface area contributed by atoms with E-state index in [-0.39, 0.29) is 6.61 Å². The highest BCUT2D eigenvalue weighted by atomic mass is 32.1. The van der Waals surface area contributed by atoms with E-state index < -0.39 is 0 Å². The lowest BCUT2D eigenvalue weighted by atomic mass is 10.1. The second kappa shape index (κ2) is 7.44. The van der Waals surface area contributed by atoms with Crippen molar-refractivity contribution >= 4 is 18.4 Å². The summed E-state index contributed by atoms with van der Waals surface area (Å²) in [5.74, 6) is 1.42. The topological polar surface area (TPSA) is 55.2 Å². The van der Waals surface area contributed by atoms with Gasteiger partial charge in [-0.1, -0.05) is 35.9 Å². The minimum Gasteiger partial charge on any atom is -0.486 e. The molecule has 0 atom stereocenters. The second-order valence-electron chi connectivity index (χ2n) is 6.02. The Bertz CT molecular complexity index is 934. The number of nitrogens with zero attached hydrogens (tertiary/aromatic N) is 3. The van der Waals surface area contributed by atoms with Gasteiger partial charge in [-0.25, -0.2) is 5.10 Å². The van der Waals surface area contributed by atoms with Crippen molar-refractivity contribution in [3.8, 4) is 5.75 Å². The predicted molar refractivity (Wildman–Crippen MR) is 102 cm³/mol. The summed E-state index contributed by atoms with van der Waals surface area (Å²) < 4.78 is 7.87. The summed E-state index contributed by atoms with van der Waals surface area (Å²) in [5.41, 5.74) is 4.52. The highest BCUT2D eigenvalue weighted by Gasteiger charge is 2.06. The smallest absolute Gasteiger partial charge is 0.216 e. The molecule has 128 valence electrons. The summed E-state index contributed by atoms with van der Waals surface area (Å²) in [7, 11) is 0. The first kappa shape index (κ1) is 17.1. The number of H-pyrrole nitrogens is 1. The van der Waals surface area contributed by atoms with Gasteiger partial charge in [-0.15, -0.1) is 0 Å². The molecule has 0 aliphatic rings. The van der Waals surface area contributed by atoms with Gasteiger partial charge < -0.3 is 4.74 Å². The lowest BCUT2D eigenvalue weighted by Crippen LogP contribution is -2.04. The number of aryl methyl sites for hydroxylation is 3. The van der Waals surface area contributed by atoms with Crippen LogP contribution >= 0.6 is 12.2 Å². The van der Waals surface area contributed by atoms with Gasteiger partial charge in [0.2, 0.25) is 4.77 Å². The largest absolute Gasteiger partial charge is 0.486 e. The molecule has 1 heterocycles. The summed E-state index contributed by atoms with van der Waals surface area (Å²) in [5, 5.41) is 11.4. The van der Waals surface area contributed by atoms with E-state index >= 15 is 0 Å². The average molecular weight is 352 g/mol. The zero-order valence-corrected chi connectivity index (χ0v) is 15.3. The van der Waals surface area contributed by atoms with Crippen molar-refractivity contribution < 1.29 is 4.74 Å². The molecule has 2 aromatic carbocycles. The Labute approximate surface area is 152 Å². The monoisotopic (exact) mass is 352 g/mol. The van der Waals surface area contributed by atoms with Crippen molar-refractivity contribution in [1.29, 1.82) is 0 Å². The molecule has 0 bridgehead atoms. The normalized spacial score (nSPS) is 11.2. The zero-order chi connectivity index (χ0) is 17.8. The van der Waals surface area contributed by atoms with E-state index in [2.05, 4.69) is 28.3 Å². The van der Waals surface area contributed by atoms with Crippen LogP contribution in [-0.2, 0) is 6.61 Å². The lowest BCUT2D eigenvalue weighted by Gasteiger charge is -2.07. The van der Waals surface area contributed by atoms with Crippen LogP contribution in [0.3, 0.4) is 0 Å². The molecule has 0 amide bonds. The molecule has 6 heteroatoms. The lowest BCUT2D eigenvalue weighted by molar-refractivity contribution is 0.290. The van der Waals surface area contributed by atoms with Gasteiger partial charge in [0, 0.05) is 0 Å². The van der Waals surface area contributed by atoms with Gasteiger partial charge in [0.05, 0.1) is 6.21 Å². The molecule has 5 nitrogen and oxygen atoms in total. The zero-order valence-electron chi connectivity index (χ0n) is 14.5. The molecule has 0 spiro atoms. The highest BCUT2D eigenvalue weighted by Crippen LogP contribution is 2.17. The fraction of sp³-hybridized carbons (Fsp3) is 0.211. The van der Waals surface area contributed by atoms with Crippen LogP contribution in [0.1, 0.15) is 28.1 Å². The third kappa shape index (κ3) is 4.42. The van der Waals surface area contributed by atoms with Gasteiger partial charge >= 0.3 is 0 Å². The second-order valence-corrected chi connectivity index (χ2v) is 6.41. The minimum absolute atomic E-state index is 0.279. The maximum atomic E-state index is 5.85. The third-order valence-electron chi connectivity index (χ3n) is 3.68. The molecule has 3 aromatic rings. The standard InChI is InChI=1S/C19H20N4OS/c1-13-4-6-16(7-5-13)11-20-23-18(21-22-19(23)25)12-24-17-9-14(2)8-15(3)10-17/h4-11H,12H2,1-3H3,(H,22,25)/b20-11-. The number of aromatic amines is 1. The number of nitrogens with one attached hydrogen (secondary N) is 1. The molecule has 25 heavy (non-hydrogen) atoms. The van der Waals surface area contributed by atoms with Gasteiger partial charge in [-0.05, 0) is 61.8 Å².